The van der Waals surface area contributed by atoms with Crippen molar-refractivity contribution in [3.05, 3.63) is 39.5 Å². The monoisotopic (exact) mass is 343 g/mol. The summed E-state index contributed by atoms with van der Waals surface area (Å²) in [7, 11) is 0. The fourth-order valence-corrected chi connectivity index (χ4v) is 2.16. The molecule has 1 amide bonds. The molecule has 7 heteroatoms. The Morgan fingerprint density at radius 3 is 2.89 bits per heavy atom. The Bertz CT molecular complexity index is 600. The molecule has 2 rings (SSSR count). The van der Waals surface area contributed by atoms with Crippen LogP contribution in [0, 0.1) is 6.92 Å². The van der Waals surface area contributed by atoms with Crippen LogP contribution in [-0.2, 0) is 4.79 Å². The molecule has 0 aliphatic carbocycles. The summed E-state index contributed by atoms with van der Waals surface area (Å²) in [6.45, 7) is 1.84. The zero-order valence-corrected chi connectivity index (χ0v) is 12.4. The molecule has 1 aromatic heterocycles. The lowest BCUT2D eigenvalue weighted by Crippen LogP contribution is -2.22. The predicted molar refractivity (Wildman–Crippen MR) is 77.5 cm³/mol. The molecule has 0 aliphatic heterocycles. The third kappa shape index (κ3) is 3.97. The maximum Gasteiger partial charge on any atom is 0.244 e. The highest BCUT2D eigenvalue weighted by Crippen LogP contribution is 2.25. The Hall–Kier alpha value is -1.53. The first kappa shape index (κ1) is 13.9. The molecule has 0 atom stereocenters. The van der Waals surface area contributed by atoms with Crippen molar-refractivity contribution in [3.63, 3.8) is 0 Å². The number of carbonyl (C=O) groups excluding carboxylic acids is 1. The van der Waals surface area contributed by atoms with E-state index in [4.69, 9.17) is 16.1 Å². The fourth-order valence-electron chi connectivity index (χ4n) is 1.42. The second-order valence-electron chi connectivity index (χ2n) is 3.85. The van der Waals surface area contributed by atoms with E-state index in [0.29, 0.717) is 22.3 Å². The second kappa shape index (κ2) is 6.08. The second-order valence-corrected chi connectivity index (χ2v) is 5.17. The van der Waals surface area contributed by atoms with Crippen LogP contribution in [0.25, 0.3) is 0 Å². The quantitative estimate of drug-likeness (QED) is 0.891. The summed E-state index contributed by atoms with van der Waals surface area (Å²) in [5.74, 6) is 0.803. The molecule has 0 saturated carbocycles. The lowest BCUT2D eigenvalue weighted by Gasteiger charge is -2.08. The van der Waals surface area contributed by atoms with Gasteiger partial charge in [-0.1, -0.05) is 32.7 Å². The number of aromatic nitrogens is 1. The summed E-state index contributed by atoms with van der Waals surface area (Å²) >= 11 is 9.34. The van der Waals surface area contributed by atoms with E-state index in [-0.39, 0.29) is 12.5 Å². The van der Waals surface area contributed by atoms with Crippen molar-refractivity contribution in [2.45, 2.75) is 6.92 Å². The topological polar surface area (TPSA) is 67.2 Å². The van der Waals surface area contributed by atoms with E-state index in [1.165, 1.54) is 0 Å². The van der Waals surface area contributed by atoms with Gasteiger partial charge in [0.2, 0.25) is 5.91 Å². The third-order valence-electron chi connectivity index (χ3n) is 2.27. The third-order valence-corrected chi connectivity index (χ3v) is 3.07. The zero-order valence-electron chi connectivity index (χ0n) is 10.0. The molecule has 1 heterocycles. The summed E-state index contributed by atoms with van der Waals surface area (Å²) in [6.07, 6.45) is 0. The van der Waals surface area contributed by atoms with E-state index < -0.39 is 0 Å². The van der Waals surface area contributed by atoms with Gasteiger partial charge in [0, 0.05) is 10.5 Å². The lowest BCUT2D eigenvalue weighted by atomic mass is 10.3. The standard InChI is InChI=1S/C12H11BrClN3O2/c1-7-4-11(17-19-7)16-12(18)6-15-10-3-2-8(13)5-9(10)14/h2-5,15H,6H2,1H3,(H,16,17,18). The van der Waals surface area contributed by atoms with Crippen molar-refractivity contribution < 1.29 is 9.32 Å². The van der Waals surface area contributed by atoms with E-state index in [1.54, 1.807) is 25.1 Å². The molecule has 0 aliphatic rings. The van der Waals surface area contributed by atoms with E-state index in [9.17, 15) is 4.79 Å². The van der Waals surface area contributed by atoms with Crippen LogP contribution in [0.15, 0.2) is 33.3 Å². The molecule has 100 valence electrons. The molecule has 0 radical (unpaired) electrons. The van der Waals surface area contributed by atoms with Crippen LogP contribution in [0.5, 0.6) is 0 Å². The van der Waals surface area contributed by atoms with Gasteiger partial charge in [-0.3, -0.25) is 4.79 Å². The van der Waals surface area contributed by atoms with Crippen LogP contribution in [-0.4, -0.2) is 17.6 Å². The Labute approximate surface area is 123 Å². The fraction of sp³-hybridized carbons (Fsp3) is 0.167. The molecule has 0 bridgehead atoms. The average Bonchev–Trinajstić information content (AvgIpc) is 2.73. The number of nitrogens with zero attached hydrogens (tertiary/aromatic N) is 1. The number of nitrogens with one attached hydrogen (secondary N) is 2. The van der Waals surface area contributed by atoms with E-state index >= 15 is 0 Å². The summed E-state index contributed by atoms with van der Waals surface area (Å²) in [4.78, 5) is 11.7. The molecule has 0 unspecified atom stereocenters. The van der Waals surface area contributed by atoms with Crippen LogP contribution in [0.4, 0.5) is 11.5 Å². The number of benzene rings is 1. The van der Waals surface area contributed by atoms with Crippen molar-refractivity contribution in [2.24, 2.45) is 0 Å². The molecular weight excluding hydrogens is 334 g/mol. The molecule has 0 fully saturated rings. The lowest BCUT2D eigenvalue weighted by molar-refractivity contribution is -0.114. The molecule has 2 N–H and O–H groups in total. The summed E-state index contributed by atoms with van der Waals surface area (Å²) in [6, 6.07) is 7.03. The minimum atomic E-state index is -0.229. The van der Waals surface area contributed by atoms with Gasteiger partial charge >= 0.3 is 0 Å². The molecule has 5 nitrogen and oxygen atoms in total. The van der Waals surface area contributed by atoms with Gasteiger partial charge in [0.15, 0.2) is 5.82 Å². The number of hydrogen-bond acceptors (Lipinski definition) is 4. The largest absolute Gasteiger partial charge is 0.375 e. The molecule has 1 aromatic carbocycles. The number of anilines is 2. The van der Waals surface area contributed by atoms with Gasteiger partial charge in [0.05, 0.1) is 17.3 Å². The number of halogens is 2. The minimum absolute atomic E-state index is 0.0905. The summed E-state index contributed by atoms with van der Waals surface area (Å²) in [5, 5.41) is 9.76. The zero-order chi connectivity index (χ0) is 13.8. The van der Waals surface area contributed by atoms with Crippen LogP contribution in [0.3, 0.4) is 0 Å². The van der Waals surface area contributed by atoms with Gasteiger partial charge in [-0.25, -0.2) is 0 Å². The minimum Gasteiger partial charge on any atom is -0.375 e. The average molecular weight is 345 g/mol. The first-order valence-electron chi connectivity index (χ1n) is 5.46. The van der Waals surface area contributed by atoms with Crippen molar-refractivity contribution in [3.8, 4) is 0 Å². The predicted octanol–water partition coefficient (Wildman–Crippen LogP) is 3.45. The highest BCUT2D eigenvalue weighted by Gasteiger charge is 2.07. The maximum atomic E-state index is 11.7. The molecule has 19 heavy (non-hydrogen) atoms. The molecule has 0 saturated heterocycles. The Balaban J connectivity index is 1.89. The van der Waals surface area contributed by atoms with Crippen LogP contribution < -0.4 is 10.6 Å². The smallest absolute Gasteiger partial charge is 0.244 e. The first-order chi connectivity index (χ1) is 9.04. The normalized spacial score (nSPS) is 10.3. The summed E-state index contributed by atoms with van der Waals surface area (Å²) in [5.41, 5.74) is 0.691. The first-order valence-corrected chi connectivity index (χ1v) is 6.64. The van der Waals surface area contributed by atoms with E-state index in [1.807, 2.05) is 6.07 Å². The van der Waals surface area contributed by atoms with Gasteiger partial charge in [0.25, 0.3) is 0 Å². The number of aryl methyl sites for hydroxylation is 1. The van der Waals surface area contributed by atoms with Gasteiger partial charge in [-0.05, 0) is 25.1 Å². The highest BCUT2D eigenvalue weighted by atomic mass is 79.9. The van der Waals surface area contributed by atoms with Crippen molar-refractivity contribution >= 4 is 44.9 Å². The number of amides is 1. The van der Waals surface area contributed by atoms with Gasteiger partial charge in [-0.15, -0.1) is 0 Å². The maximum absolute atomic E-state index is 11.7. The Kier molecular flexibility index (Phi) is 4.44. The van der Waals surface area contributed by atoms with E-state index in [2.05, 4.69) is 31.7 Å². The van der Waals surface area contributed by atoms with Gasteiger partial charge in [-0.2, -0.15) is 0 Å². The number of rotatable bonds is 4. The van der Waals surface area contributed by atoms with Crippen molar-refractivity contribution in [2.75, 3.05) is 17.2 Å². The number of hydrogen-bond donors (Lipinski definition) is 2. The van der Waals surface area contributed by atoms with Crippen molar-refractivity contribution in [1.29, 1.82) is 0 Å². The SMILES string of the molecule is Cc1cc(NC(=O)CNc2ccc(Br)cc2Cl)no1. The molecule has 2 aromatic rings. The summed E-state index contributed by atoms with van der Waals surface area (Å²) < 4.78 is 5.73. The van der Waals surface area contributed by atoms with Crippen LogP contribution in [0.2, 0.25) is 5.02 Å². The molecule has 0 spiro atoms. The van der Waals surface area contributed by atoms with Crippen LogP contribution >= 0.6 is 27.5 Å². The van der Waals surface area contributed by atoms with Crippen LogP contribution in [0.1, 0.15) is 5.76 Å². The number of carbonyl (C=O) groups is 1. The van der Waals surface area contributed by atoms with E-state index in [0.717, 1.165) is 4.47 Å². The highest BCUT2D eigenvalue weighted by molar-refractivity contribution is 9.10. The Morgan fingerprint density at radius 1 is 1.47 bits per heavy atom. The molecular formula is C12H11BrClN3O2. The van der Waals surface area contributed by atoms with Gasteiger partial charge in [0.1, 0.15) is 5.76 Å². The Morgan fingerprint density at radius 2 is 2.26 bits per heavy atom. The van der Waals surface area contributed by atoms with Gasteiger partial charge < -0.3 is 15.2 Å². The van der Waals surface area contributed by atoms with Crippen molar-refractivity contribution in [1.82, 2.24) is 5.16 Å².